The van der Waals surface area contributed by atoms with Crippen LogP contribution >= 0.6 is 34.8 Å². The third-order valence-electron chi connectivity index (χ3n) is 1.85. The van der Waals surface area contributed by atoms with Crippen LogP contribution in [0.4, 0.5) is 5.82 Å². The Morgan fingerprint density at radius 3 is 2.29 bits per heavy atom. The fourth-order valence-electron chi connectivity index (χ4n) is 1.08. The fourth-order valence-corrected chi connectivity index (χ4v) is 1.66. The Kier molecular flexibility index (Phi) is 3.57. The van der Waals surface area contributed by atoms with Gasteiger partial charge in [-0.05, 0) is 12.1 Å². The Balaban J connectivity index is 2.30. The second-order valence-corrected chi connectivity index (χ2v) is 4.32. The first-order valence-corrected chi connectivity index (χ1v) is 5.61. The monoisotopic (exact) mass is 289 g/mol. The van der Waals surface area contributed by atoms with E-state index < -0.39 is 0 Å². The van der Waals surface area contributed by atoms with Gasteiger partial charge >= 0.3 is 0 Å². The molecule has 2 aromatic rings. The van der Waals surface area contributed by atoms with Crippen molar-refractivity contribution < 1.29 is 4.74 Å². The standard InChI is InChI=1S/C10H6Cl3N3O/c11-5-3-7(13)8(4-6(5)12)17-10-2-1-9(14)15-16-10/h1-4H,(H2,14,15). The summed E-state index contributed by atoms with van der Waals surface area (Å²) in [5.41, 5.74) is 5.40. The van der Waals surface area contributed by atoms with Crippen LogP contribution in [0.25, 0.3) is 0 Å². The average molecular weight is 291 g/mol. The molecule has 0 spiro atoms. The highest BCUT2D eigenvalue weighted by Crippen LogP contribution is 2.35. The fraction of sp³-hybridized carbons (Fsp3) is 0. The molecule has 0 aliphatic rings. The molecule has 2 N–H and O–H groups in total. The van der Waals surface area contributed by atoms with Crippen LogP contribution in [-0.2, 0) is 0 Å². The van der Waals surface area contributed by atoms with Gasteiger partial charge in [0, 0.05) is 12.1 Å². The minimum absolute atomic E-state index is 0.263. The van der Waals surface area contributed by atoms with Crippen molar-refractivity contribution in [2.45, 2.75) is 0 Å². The van der Waals surface area contributed by atoms with Gasteiger partial charge < -0.3 is 10.5 Å². The topological polar surface area (TPSA) is 61.0 Å². The molecule has 1 aromatic carbocycles. The molecule has 0 radical (unpaired) electrons. The van der Waals surface area contributed by atoms with E-state index in [9.17, 15) is 0 Å². The van der Waals surface area contributed by atoms with Gasteiger partial charge in [-0.15, -0.1) is 10.2 Å². The Labute approximate surface area is 112 Å². The number of nitrogens with zero attached hydrogens (tertiary/aromatic N) is 2. The number of halogens is 3. The molecule has 0 atom stereocenters. The van der Waals surface area contributed by atoms with Crippen molar-refractivity contribution in [3.63, 3.8) is 0 Å². The molecule has 0 amide bonds. The third kappa shape index (κ3) is 2.91. The molecule has 7 heteroatoms. The molecular weight excluding hydrogens is 284 g/mol. The second kappa shape index (κ2) is 4.96. The van der Waals surface area contributed by atoms with Crippen molar-refractivity contribution in [1.82, 2.24) is 10.2 Å². The Bertz CT molecular complexity index is 545. The lowest BCUT2D eigenvalue weighted by Gasteiger charge is -2.07. The second-order valence-electron chi connectivity index (χ2n) is 3.10. The number of aromatic nitrogens is 2. The smallest absolute Gasteiger partial charge is 0.239 e. The van der Waals surface area contributed by atoms with E-state index in [1.54, 1.807) is 12.1 Å². The molecule has 0 fully saturated rings. The Hall–Kier alpha value is -1.23. The van der Waals surface area contributed by atoms with Crippen molar-refractivity contribution in [3.8, 4) is 11.6 Å². The molecule has 0 aliphatic heterocycles. The molecule has 0 bridgehead atoms. The number of nitrogens with two attached hydrogens (primary N) is 1. The zero-order valence-electron chi connectivity index (χ0n) is 8.32. The molecule has 88 valence electrons. The molecule has 0 unspecified atom stereocenters. The summed E-state index contributed by atoms with van der Waals surface area (Å²) >= 11 is 17.6. The van der Waals surface area contributed by atoms with E-state index >= 15 is 0 Å². The minimum atomic E-state index is 0.263. The molecule has 1 heterocycles. The number of rotatable bonds is 2. The van der Waals surface area contributed by atoms with Crippen LogP contribution in [0.15, 0.2) is 24.3 Å². The first-order valence-electron chi connectivity index (χ1n) is 4.48. The summed E-state index contributed by atoms with van der Waals surface area (Å²) in [5.74, 6) is 0.914. The lowest BCUT2D eigenvalue weighted by molar-refractivity contribution is 0.456. The largest absolute Gasteiger partial charge is 0.436 e. The maximum atomic E-state index is 5.94. The number of benzene rings is 1. The van der Waals surface area contributed by atoms with Gasteiger partial charge in [-0.3, -0.25) is 0 Å². The molecular formula is C10H6Cl3N3O. The highest BCUT2D eigenvalue weighted by molar-refractivity contribution is 6.43. The van der Waals surface area contributed by atoms with Gasteiger partial charge in [0.1, 0.15) is 11.6 Å². The van der Waals surface area contributed by atoms with E-state index in [1.165, 1.54) is 12.1 Å². The molecule has 0 saturated carbocycles. The van der Waals surface area contributed by atoms with E-state index in [2.05, 4.69) is 10.2 Å². The van der Waals surface area contributed by atoms with E-state index in [4.69, 9.17) is 45.3 Å². The third-order valence-corrected chi connectivity index (χ3v) is 2.87. The summed E-state index contributed by atoms with van der Waals surface area (Å²) in [4.78, 5) is 0. The molecule has 0 aliphatic carbocycles. The van der Waals surface area contributed by atoms with Crippen LogP contribution in [0, 0.1) is 0 Å². The van der Waals surface area contributed by atoms with Gasteiger partial charge in [0.25, 0.3) is 0 Å². The van der Waals surface area contributed by atoms with E-state index in [1.807, 2.05) is 0 Å². The number of nitrogen functional groups attached to an aromatic ring is 1. The molecule has 1 aromatic heterocycles. The summed E-state index contributed by atoms with van der Waals surface area (Å²) in [7, 11) is 0. The number of hydrogen-bond acceptors (Lipinski definition) is 4. The summed E-state index contributed by atoms with van der Waals surface area (Å²) < 4.78 is 5.40. The van der Waals surface area contributed by atoms with E-state index in [0.717, 1.165) is 0 Å². The Morgan fingerprint density at radius 1 is 0.941 bits per heavy atom. The van der Waals surface area contributed by atoms with E-state index in [0.29, 0.717) is 26.6 Å². The van der Waals surface area contributed by atoms with Crippen molar-refractivity contribution in [2.75, 3.05) is 5.73 Å². The summed E-state index contributed by atoms with van der Waals surface area (Å²) in [6.07, 6.45) is 0. The SMILES string of the molecule is Nc1ccc(Oc2cc(Cl)c(Cl)cc2Cl)nn1. The van der Waals surface area contributed by atoms with Crippen molar-refractivity contribution in [2.24, 2.45) is 0 Å². The maximum absolute atomic E-state index is 5.94. The van der Waals surface area contributed by atoms with Gasteiger partial charge in [0.05, 0.1) is 15.1 Å². The van der Waals surface area contributed by atoms with Crippen LogP contribution in [0.2, 0.25) is 15.1 Å². The maximum Gasteiger partial charge on any atom is 0.239 e. The lowest BCUT2D eigenvalue weighted by Crippen LogP contribution is -1.95. The molecule has 4 nitrogen and oxygen atoms in total. The highest BCUT2D eigenvalue weighted by atomic mass is 35.5. The predicted octanol–water partition coefficient (Wildman–Crippen LogP) is 3.81. The minimum Gasteiger partial charge on any atom is -0.436 e. The van der Waals surface area contributed by atoms with Gasteiger partial charge in [0.2, 0.25) is 5.88 Å². The van der Waals surface area contributed by atoms with Crippen molar-refractivity contribution >= 4 is 40.6 Å². The summed E-state index contributed by atoms with van der Waals surface area (Å²) in [6, 6.07) is 6.13. The zero-order chi connectivity index (χ0) is 12.4. The zero-order valence-corrected chi connectivity index (χ0v) is 10.6. The lowest BCUT2D eigenvalue weighted by atomic mass is 10.3. The number of ether oxygens (including phenoxy) is 1. The highest BCUT2D eigenvalue weighted by Gasteiger charge is 2.08. The van der Waals surface area contributed by atoms with E-state index in [-0.39, 0.29) is 5.88 Å². The van der Waals surface area contributed by atoms with Gasteiger partial charge in [-0.25, -0.2) is 0 Å². The van der Waals surface area contributed by atoms with Crippen molar-refractivity contribution in [1.29, 1.82) is 0 Å². The van der Waals surface area contributed by atoms with Gasteiger partial charge in [-0.1, -0.05) is 34.8 Å². The molecule has 17 heavy (non-hydrogen) atoms. The summed E-state index contributed by atoms with van der Waals surface area (Å²) in [5, 5.41) is 8.41. The quantitative estimate of drug-likeness (QED) is 0.854. The average Bonchev–Trinajstić information content (AvgIpc) is 2.29. The van der Waals surface area contributed by atoms with Crippen LogP contribution in [-0.4, -0.2) is 10.2 Å². The Morgan fingerprint density at radius 2 is 1.65 bits per heavy atom. The number of anilines is 1. The summed E-state index contributed by atoms with van der Waals surface area (Å²) in [6.45, 7) is 0. The van der Waals surface area contributed by atoms with Crippen LogP contribution < -0.4 is 10.5 Å². The number of hydrogen-bond donors (Lipinski definition) is 1. The molecule has 2 rings (SSSR count). The normalized spacial score (nSPS) is 10.3. The van der Waals surface area contributed by atoms with Crippen LogP contribution in [0.1, 0.15) is 0 Å². The van der Waals surface area contributed by atoms with Gasteiger partial charge in [0.15, 0.2) is 0 Å². The first kappa shape index (κ1) is 12.2. The van der Waals surface area contributed by atoms with Gasteiger partial charge in [-0.2, -0.15) is 0 Å². The first-order chi connectivity index (χ1) is 8.06. The predicted molar refractivity (Wildman–Crippen MR) is 68.0 cm³/mol. The van der Waals surface area contributed by atoms with Crippen molar-refractivity contribution in [3.05, 3.63) is 39.3 Å². The van der Waals surface area contributed by atoms with Crippen LogP contribution in [0.3, 0.4) is 0 Å². The van der Waals surface area contributed by atoms with Crippen LogP contribution in [0.5, 0.6) is 11.6 Å². The molecule has 0 saturated heterocycles.